The summed E-state index contributed by atoms with van der Waals surface area (Å²) >= 11 is 0. The minimum Gasteiger partial charge on any atom is -0.495 e. The van der Waals surface area contributed by atoms with Gasteiger partial charge >= 0.3 is 6.18 Å². The number of rotatable bonds is 15. The number of hydrogen-bond donors (Lipinski definition) is 3. The first-order chi connectivity index (χ1) is 21.8. The number of aromatic nitrogens is 2. The van der Waals surface area contributed by atoms with Gasteiger partial charge in [-0.1, -0.05) is 26.0 Å². The molecule has 0 aliphatic carbocycles. The van der Waals surface area contributed by atoms with E-state index in [1.165, 1.54) is 19.2 Å². The molecular formula is C31H37F5N6O4. The minimum absolute atomic E-state index is 0.0154. The molecule has 1 atom stereocenters. The Morgan fingerprint density at radius 1 is 1.11 bits per heavy atom. The molecule has 3 aromatic rings. The molecule has 1 heterocycles. The quantitative estimate of drug-likeness (QED) is 0.174. The van der Waals surface area contributed by atoms with E-state index in [2.05, 4.69) is 30.8 Å². The molecule has 0 spiro atoms. The highest BCUT2D eigenvalue weighted by atomic mass is 19.4. The van der Waals surface area contributed by atoms with Crippen molar-refractivity contribution in [3.8, 4) is 17.4 Å². The fourth-order valence-corrected chi connectivity index (χ4v) is 4.33. The molecule has 0 radical (unpaired) electrons. The average molecular weight is 653 g/mol. The topological polar surface area (TPSA) is 118 Å². The van der Waals surface area contributed by atoms with Gasteiger partial charge < -0.3 is 30.3 Å². The zero-order chi connectivity index (χ0) is 34.0. The van der Waals surface area contributed by atoms with Crippen LogP contribution in [0.3, 0.4) is 0 Å². The van der Waals surface area contributed by atoms with E-state index in [9.17, 15) is 27.2 Å². The third-order valence-corrected chi connectivity index (χ3v) is 7.01. The van der Waals surface area contributed by atoms with Gasteiger partial charge in [-0.25, -0.2) is 13.8 Å². The molecule has 1 aromatic heterocycles. The number of nitrogens with zero attached hydrogens (tertiary/aromatic N) is 3. The molecule has 3 rings (SSSR count). The molecule has 0 saturated carbocycles. The van der Waals surface area contributed by atoms with Gasteiger partial charge in [0, 0.05) is 24.8 Å². The number of carbonyl (C=O) groups excluding carboxylic acids is 2. The number of halogens is 5. The predicted octanol–water partition coefficient (Wildman–Crippen LogP) is 5.90. The van der Waals surface area contributed by atoms with E-state index < -0.39 is 47.9 Å². The maximum atomic E-state index is 15.2. The van der Waals surface area contributed by atoms with Crippen LogP contribution in [0.25, 0.3) is 0 Å². The van der Waals surface area contributed by atoms with Gasteiger partial charge in [0.05, 0.1) is 23.9 Å². The molecule has 10 nitrogen and oxygen atoms in total. The van der Waals surface area contributed by atoms with Gasteiger partial charge in [-0.15, -0.1) is 0 Å². The molecule has 2 amide bonds. The molecule has 0 fully saturated rings. The van der Waals surface area contributed by atoms with E-state index in [0.717, 1.165) is 25.2 Å². The third kappa shape index (κ3) is 9.25. The summed E-state index contributed by atoms with van der Waals surface area (Å²) in [6.07, 6.45) is -3.52. The lowest BCUT2D eigenvalue weighted by molar-refractivity contribution is -0.139. The Labute approximate surface area is 263 Å². The zero-order valence-electron chi connectivity index (χ0n) is 26.1. The van der Waals surface area contributed by atoms with Crippen LogP contribution < -0.4 is 25.4 Å². The molecule has 0 bridgehead atoms. The van der Waals surface area contributed by atoms with Crippen LogP contribution in [0.4, 0.5) is 33.6 Å². The van der Waals surface area contributed by atoms with Crippen molar-refractivity contribution in [2.75, 3.05) is 45.8 Å². The van der Waals surface area contributed by atoms with Gasteiger partial charge in [-0.3, -0.25) is 9.59 Å². The minimum atomic E-state index is -4.95. The second-order valence-corrected chi connectivity index (χ2v) is 10.3. The Morgan fingerprint density at radius 3 is 2.48 bits per heavy atom. The summed E-state index contributed by atoms with van der Waals surface area (Å²) in [6.45, 7) is 5.94. The van der Waals surface area contributed by atoms with Crippen LogP contribution in [-0.2, 0) is 12.6 Å². The van der Waals surface area contributed by atoms with Crippen molar-refractivity contribution in [3.63, 3.8) is 0 Å². The van der Waals surface area contributed by atoms with Gasteiger partial charge in [0.1, 0.15) is 29.6 Å². The first kappa shape index (κ1) is 35.9. The van der Waals surface area contributed by atoms with Gasteiger partial charge in [-0.05, 0) is 57.6 Å². The lowest BCUT2D eigenvalue weighted by atomic mass is 10.0. The van der Waals surface area contributed by atoms with Crippen LogP contribution in [0.5, 0.6) is 17.4 Å². The molecule has 3 N–H and O–H groups in total. The van der Waals surface area contributed by atoms with Gasteiger partial charge in [0.25, 0.3) is 11.8 Å². The monoisotopic (exact) mass is 652 g/mol. The van der Waals surface area contributed by atoms with Crippen molar-refractivity contribution in [2.45, 2.75) is 45.8 Å². The lowest BCUT2D eigenvalue weighted by Gasteiger charge is -2.19. The molecule has 250 valence electrons. The van der Waals surface area contributed by atoms with Crippen molar-refractivity contribution in [1.29, 1.82) is 0 Å². The molecular weight excluding hydrogens is 615 g/mol. The number of methoxy groups -OCH3 is 1. The van der Waals surface area contributed by atoms with Gasteiger partial charge in [0.15, 0.2) is 0 Å². The van der Waals surface area contributed by atoms with Crippen molar-refractivity contribution in [1.82, 2.24) is 25.5 Å². The number of benzene rings is 2. The maximum Gasteiger partial charge on any atom is 0.423 e. The number of hydrogen-bond acceptors (Lipinski definition) is 8. The Kier molecular flexibility index (Phi) is 12.6. The van der Waals surface area contributed by atoms with Crippen LogP contribution in [0.2, 0.25) is 0 Å². The highest BCUT2D eigenvalue weighted by Crippen LogP contribution is 2.39. The molecule has 0 saturated heterocycles. The molecule has 2 aromatic carbocycles. The Bertz CT molecular complexity index is 1520. The molecule has 1 unspecified atom stereocenters. The van der Waals surface area contributed by atoms with Crippen LogP contribution in [0.1, 0.15) is 59.0 Å². The number of amides is 2. The van der Waals surface area contributed by atoms with E-state index >= 15 is 4.39 Å². The standard InChI is InChI=1S/C31H37F5N6O4/c1-6-19-9-8-10-24(26(19)28(44)37-13-12-32)46-29-21(31(34,35)36)17-38-30(41-29)40-23-16-22(33)20(15-25(23)45-5)27(43)39-18(3)11-14-42(4)7-2/h8-10,15-18H,6-7,11-14H2,1-5H3,(H,37,44)(H,39,43)(H,38,40,41). The second-order valence-electron chi connectivity index (χ2n) is 10.3. The number of carbonyl (C=O) groups is 2. The van der Waals surface area contributed by atoms with E-state index in [1.807, 2.05) is 14.0 Å². The summed E-state index contributed by atoms with van der Waals surface area (Å²) < 4.78 is 80.6. The summed E-state index contributed by atoms with van der Waals surface area (Å²) in [5.74, 6) is -3.98. The fraction of sp³-hybridized carbons (Fsp3) is 0.419. The molecule has 15 heteroatoms. The molecule has 0 aliphatic rings. The summed E-state index contributed by atoms with van der Waals surface area (Å²) in [6, 6.07) is 6.19. The predicted molar refractivity (Wildman–Crippen MR) is 162 cm³/mol. The average Bonchev–Trinajstić information content (AvgIpc) is 3.01. The summed E-state index contributed by atoms with van der Waals surface area (Å²) in [7, 11) is 3.21. The highest BCUT2D eigenvalue weighted by molar-refractivity contribution is 5.98. The SMILES string of the molecule is CCc1cccc(Oc2nc(Nc3cc(F)c(C(=O)NC(C)CCN(C)CC)cc3OC)ncc2C(F)(F)F)c1C(=O)NCCF. The third-order valence-electron chi connectivity index (χ3n) is 7.01. The Morgan fingerprint density at radius 2 is 1.85 bits per heavy atom. The highest BCUT2D eigenvalue weighted by Gasteiger charge is 2.37. The molecule has 0 aliphatic heterocycles. The van der Waals surface area contributed by atoms with Crippen molar-refractivity contribution >= 4 is 23.5 Å². The normalized spacial score (nSPS) is 12.1. The van der Waals surface area contributed by atoms with Gasteiger partial charge in [0.2, 0.25) is 11.8 Å². The summed E-state index contributed by atoms with van der Waals surface area (Å²) in [5.41, 5.74) is -1.37. The lowest BCUT2D eigenvalue weighted by Crippen LogP contribution is -2.35. The molecule has 46 heavy (non-hydrogen) atoms. The zero-order valence-corrected chi connectivity index (χ0v) is 26.1. The van der Waals surface area contributed by atoms with Crippen molar-refractivity contribution < 1.29 is 41.0 Å². The maximum absolute atomic E-state index is 15.2. The van der Waals surface area contributed by atoms with Gasteiger partial charge in [-0.2, -0.15) is 18.2 Å². The number of ether oxygens (including phenoxy) is 2. The first-order valence-electron chi connectivity index (χ1n) is 14.5. The van der Waals surface area contributed by atoms with Crippen LogP contribution in [0.15, 0.2) is 36.5 Å². The second kappa shape index (κ2) is 16.2. The largest absolute Gasteiger partial charge is 0.495 e. The number of alkyl halides is 4. The summed E-state index contributed by atoms with van der Waals surface area (Å²) in [4.78, 5) is 35.3. The number of anilines is 2. The van der Waals surface area contributed by atoms with Crippen LogP contribution in [-0.4, -0.2) is 73.2 Å². The Hall–Kier alpha value is -4.53. The first-order valence-corrected chi connectivity index (χ1v) is 14.5. The van der Waals surface area contributed by atoms with Crippen molar-refractivity contribution in [3.05, 3.63) is 64.6 Å². The Balaban J connectivity index is 1.95. The van der Waals surface area contributed by atoms with E-state index in [4.69, 9.17) is 9.47 Å². The smallest absolute Gasteiger partial charge is 0.423 e. The van der Waals surface area contributed by atoms with Crippen LogP contribution in [0, 0.1) is 5.82 Å². The summed E-state index contributed by atoms with van der Waals surface area (Å²) in [5, 5.41) is 7.70. The number of aryl methyl sites for hydroxylation is 1. The fourth-order valence-electron chi connectivity index (χ4n) is 4.33. The van der Waals surface area contributed by atoms with E-state index in [1.54, 1.807) is 19.9 Å². The van der Waals surface area contributed by atoms with E-state index in [-0.39, 0.29) is 40.9 Å². The van der Waals surface area contributed by atoms with E-state index in [0.29, 0.717) is 24.6 Å². The number of nitrogens with one attached hydrogen (secondary N) is 3. The van der Waals surface area contributed by atoms with Crippen LogP contribution >= 0.6 is 0 Å². The van der Waals surface area contributed by atoms with Crippen molar-refractivity contribution in [2.24, 2.45) is 0 Å².